The summed E-state index contributed by atoms with van der Waals surface area (Å²) in [6.07, 6.45) is 0.797. The van der Waals surface area contributed by atoms with E-state index in [4.69, 9.17) is 14.7 Å². The Hall–Kier alpha value is -3.21. The molecule has 0 aliphatic carbocycles. The number of hydrogen-bond acceptors (Lipinski definition) is 6. The fourth-order valence-corrected chi connectivity index (χ4v) is 1.89. The first kappa shape index (κ1) is 21.8. The van der Waals surface area contributed by atoms with Gasteiger partial charge >= 0.3 is 6.09 Å². The zero-order valence-electron chi connectivity index (χ0n) is 16.1. The lowest BCUT2D eigenvalue weighted by atomic mass is 10.2. The van der Waals surface area contributed by atoms with Crippen LogP contribution < -0.4 is 20.7 Å². The second-order valence-corrected chi connectivity index (χ2v) is 6.58. The van der Waals surface area contributed by atoms with Crippen molar-refractivity contribution in [1.29, 1.82) is 5.26 Å². The normalized spacial score (nSPS) is 11.1. The molecule has 8 nitrogen and oxygen atoms in total. The summed E-state index contributed by atoms with van der Waals surface area (Å²) in [6, 6.07) is 9.09. The lowest BCUT2D eigenvalue weighted by molar-refractivity contribution is -0.117. The van der Waals surface area contributed by atoms with Crippen LogP contribution in [0.4, 0.5) is 4.79 Å². The molecule has 0 aliphatic rings. The van der Waals surface area contributed by atoms with Crippen LogP contribution in [0.15, 0.2) is 36.0 Å². The van der Waals surface area contributed by atoms with Gasteiger partial charge in [-0.15, -0.1) is 0 Å². The number of rotatable bonds is 8. The van der Waals surface area contributed by atoms with E-state index in [1.54, 1.807) is 40.0 Å². The molecule has 1 aromatic carbocycles. The zero-order chi connectivity index (χ0) is 20.3. The molecule has 0 aliphatic heterocycles. The van der Waals surface area contributed by atoms with Crippen molar-refractivity contribution in [1.82, 2.24) is 16.0 Å². The molecule has 0 aromatic heterocycles. The molecular weight excluding hydrogens is 348 g/mol. The van der Waals surface area contributed by atoms with Crippen molar-refractivity contribution in [2.45, 2.75) is 32.9 Å². The lowest BCUT2D eigenvalue weighted by Crippen LogP contribution is -2.35. The maximum atomic E-state index is 12.0. The largest absolute Gasteiger partial charge is 0.497 e. The van der Waals surface area contributed by atoms with E-state index in [9.17, 15) is 9.59 Å². The van der Waals surface area contributed by atoms with E-state index in [1.165, 1.54) is 6.20 Å². The molecule has 146 valence electrons. The predicted molar refractivity (Wildman–Crippen MR) is 101 cm³/mol. The molecule has 8 heteroatoms. The van der Waals surface area contributed by atoms with Crippen molar-refractivity contribution in [3.05, 3.63) is 41.6 Å². The quantitative estimate of drug-likeness (QED) is 0.364. The molecule has 0 atom stereocenters. The number of methoxy groups -OCH3 is 1. The van der Waals surface area contributed by atoms with E-state index in [-0.39, 0.29) is 12.1 Å². The summed E-state index contributed by atoms with van der Waals surface area (Å²) in [5.41, 5.74) is 0.268. The summed E-state index contributed by atoms with van der Waals surface area (Å²) in [5, 5.41) is 17.2. The number of carbonyl (C=O) groups excluding carboxylic acids is 2. The molecule has 0 radical (unpaired) electrons. The van der Waals surface area contributed by atoms with Crippen LogP contribution in [0, 0.1) is 11.3 Å². The van der Waals surface area contributed by atoms with Gasteiger partial charge in [0, 0.05) is 25.8 Å². The molecule has 1 rings (SSSR count). The maximum absolute atomic E-state index is 12.0. The average Bonchev–Trinajstić information content (AvgIpc) is 2.61. The Balaban J connectivity index is 2.37. The third kappa shape index (κ3) is 9.16. The molecule has 0 unspecified atom stereocenters. The summed E-state index contributed by atoms with van der Waals surface area (Å²) in [4.78, 5) is 23.5. The van der Waals surface area contributed by atoms with Gasteiger partial charge in [0.15, 0.2) is 0 Å². The van der Waals surface area contributed by atoms with Gasteiger partial charge in [0.25, 0.3) is 5.91 Å². The lowest BCUT2D eigenvalue weighted by Gasteiger charge is -2.19. The van der Waals surface area contributed by atoms with Gasteiger partial charge in [0.05, 0.1) is 7.11 Å². The number of ether oxygens (including phenoxy) is 2. The van der Waals surface area contributed by atoms with E-state index < -0.39 is 17.6 Å². The third-order valence-electron chi connectivity index (χ3n) is 3.16. The molecule has 0 spiro atoms. The summed E-state index contributed by atoms with van der Waals surface area (Å²) in [6.45, 7) is 6.25. The molecule has 0 saturated carbocycles. The van der Waals surface area contributed by atoms with Crippen molar-refractivity contribution in [3.63, 3.8) is 0 Å². The molecule has 0 saturated heterocycles. The van der Waals surface area contributed by atoms with Crippen molar-refractivity contribution >= 4 is 12.0 Å². The number of amides is 2. The molecular formula is C19H26N4O4. The Morgan fingerprint density at radius 3 is 2.37 bits per heavy atom. The van der Waals surface area contributed by atoms with Gasteiger partial charge in [-0.2, -0.15) is 5.26 Å². The number of nitrogens with zero attached hydrogens (tertiary/aromatic N) is 1. The summed E-state index contributed by atoms with van der Waals surface area (Å²) < 4.78 is 10.2. The Kier molecular flexibility index (Phi) is 8.66. The van der Waals surface area contributed by atoms with Crippen LogP contribution in [0.5, 0.6) is 5.75 Å². The van der Waals surface area contributed by atoms with E-state index in [0.29, 0.717) is 13.1 Å². The Morgan fingerprint density at radius 2 is 1.81 bits per heavy atom. The average molecular weight is 374 g/mol. The van der Waals surface area contributed by atoms with Crippen LogP contribution in [0.2, 0.25) is 0 Å². The molecule has 0 bridgehead atoms. The van der Waals surface area contributed by atoms with Crippen LogP contribution in [-0.2, 0) is 16.1 Å². The van der Waals surface area contributed by atoms with Crippen molar-refractivity contribution < 1.29 is 19.1 Å². The highest BCUT2D eigenvalue weighted by Gasteiger charge is 2.15. The minimum atomic E-state index is -0.562. The molecule has 3 N–H and O–H groups in total. The Labute approximate surface area is 159 Å². The van der Waals surface area contributed by atoms with E-state index in [2.05, 4.69) is 16.0 Å². The van der Waals surface area contributed by atoms with Crippen LogP contribution >= 0.6 is 0 Å². The minimum absolute atomic E-state index is 0.0548. The fourth-order valence-electron chi connectivity index (χ4n) is 1.89. The zero-order valence-corrected chi connectivity index (χ0v) is 16.1. The fraction of sp³-hybridized carbons (Fsp3) is 0.421. The summed E-state index contributed by atoms with van der Waals surface area (Å²) >= 11 is 0. The second kappa shape index (κ2) is 10.7. The number of nitriles is 1. The first-order valence-electron chi connectivity index (χ1n) is 8.47. The molecule has 0 heterocycles. The SMILES string of the molecule is COc1ccc(CNC(=O)/C(C#N)=C\NCCNC(=O)OC(C)(C)C)cc1. The van der Waals surface area contributed by atoms with Gasteiger partial charge in [-0.1, -0.05) is 12.1 Å². The first-order chi connectivity index (χ1) is 12.7. The van der Waals surface area contributed by atoms with Gasteiger partial charge in [-0.3, -0.25) is 4.79 Å². The Morgan fingerprint density at radius 1 is 1.15 bits per heavy atom. The molecule has 1 aromatic rings. The predicted octanol–water partition coefficient (Wildman–Crippen LogP) is 1.83. The monoisotopic (exact) mass is 374 g/mol. The summed E-state index contributed by atoms with van der Waals surface area (Å²) in [5.74, 6) is 0.243. The van der Waals surface area contributed by atoms with Gasteiger partial charge in [-0.05, 0) is 38.5 Å². The van der Waals surface area contributed by atoms with Gasteiger partial charge in [-0.25, -0.2) is 4.79 Å². The minimum Gasteiger partial charge on any atom is -0.497 e. The Bertz CT molecular complexity index is 700. The highest BCUT2D eigenvalue weighted by atomic mass is 16.6. The molecule has 0 fully saturated rings. The molecule has 27 heavy (non-hydrogen) atoms. The van der Waals surface area contributed by atoms with Gasteiger partial charge in [0.1, 0.15) is 23.0 Å². The summed E-state index contributed by atoms with van der Waals surface area (Å²) in [7, 11) is 1.58. The van der Waals surface area contributed by atoms with E-state index >= 15 is 0 Å². The molecule has 2 amide bonds. The van der Waals surface area contributed by atoms with Crippen LogP contribution in [0.1, 0.15) is 26.3 Å². The number of hydrogen-bond donors (Lipinski definition) is 3. The number of alkyl carbamates (subject to hydrolysis) is 1. The highest BCUT2D eigenvalue weighted by molar-refractivity contribution is 5.97. The van der Waals surface area contributed by atoms with Gasteiger partial charge < -0.3 is 25.4 Å². The van der Waals surface area contributed by atoms with Crippen molar-refractivity contribution in [3.8, 4) is 11.8 Å². The highest BCUT2D eigenvalue weighted by Crippen LogP contribution is 2.11. The topological polar surface area (TPSA) is 112 Å². The number of carbonyl (C=O) groups is 2. The van der Waals surface area contributed by atoms with Crippen LogP contribution in [-0.4, -0.2) is 37.8 Å². The van der Waals surface area contributed by atoms with Crippen molar-refractivity contribution in [2.24, 2.45) is 0 Å². The number of benzene rings is 1. The third-order valence-corrected chi connectivity index (χ3v) is 3.16. The standard InChI is InChI=1S/C19H26N4O4/c1-19(2,3)27-18(25)22-10-9-21-13-15(11-20)17(24)23-12-14-5-7-16(26-4)8-6-14/h5-8,13,21H,9-10,12H2,1-4H3,(H,22,25)(H,23,24)/b15-13-. The number of nitrogens with one attached hydrogen (secondary N) is 3. The van der Waals surface area contributed by atoms with Crippen molar-refractivity contribution in [2.75, 3.05) is 20.2 Å². The van der Waals surface area contributed by atoms with E-state index in [1.807, 2.05) is 18.2 Å². The van der Waals surface area contributed by atoms with Crippen LogP contribution in [0.25, 0.3) is 0 Å². The van der Waals surface area contributed by atoms with E-state index in [0.717, 1.165) is 11.3 Å². The second-order valence-electron chi connectivity index (χ2n) is 6.58. The maximum Gasteiger partial charge on any atom is 0.407 e. The van der Waals surface area contributed by atoms with Crippen LogP contribution in [0.3, 0.4) is 0 Å². The first-order valence-corrected chi connectivity index (χ1v) is 8.47. The van der Waals surface area contributed by atoms with Gasteiger partial charge in [0.2, 0.25) is 0 Å². The smallest absolute Gasteiger partial charge is 0.407 e.